The normalized spacial score (nSPS) is 17.7. The summed E-state index contributed by atoms with van der Waals surface area (Å²) in [6, 6.07) is 12.5. The lowest BCUT2D eigenvalue weighted by molar-refractivity contribution is 0.236. The van der Waals surface area contributed by atoms with Gasteiger partial charge < -0.3 is 20.8 Å². The predicted molar refractivity (Wildman–Crippen MR) is 102 cm³/mol. The van der Waals surface area contributed by atoms with E-state index in [0.717, 1.165) is 54.0 Å². The van der Waals surface area contributed by atoms with Gasteiger partial charge in [0, 0.05) is 25.1 Å². The Morgan fingerprint density at radius 2 is 2.19 bits per heavy atom. The van der Waals surface area contributed by atoms with Gasteiger partial charge in [-0.15, -0.1) is 0 Å². The zero-order valence-corrected chi connectivity index (χ0v) is 14.8. The number of ether oxygens (including phenoxy) is 1. The van der Waals surface area contributed by atoms with Gasteiger partial charge in [-0.05, 0) is 43.7 Å². The number of H-pyrrole nitrogens is 1. The van der Waals surface area contributed by atoms with Gasteiger partial charge in [0.1, 0.15) is 11.6 Å². The van der Waals surface area contributed by atoms with Crippen molar-refractivity contribution in [2.24, 2.45) is 5.73 Å². The van der Waals surface area contributed by atoms with Gasteiger partial charge in [-0.25, -0.2) is 4.98 Å². The summed E-state index contributed by atoms with van der Waals surface area (Å²) in [5.41, 5.74) is 8.85. The Kier molecular flexibility index (Phi) is 5.13. The number of benzene rings is 1. The van der Waals surface area contributed by atoms with Crippen molar-refractivity contribution >= 4 is 11.0 Å². The number of fused-ring (bicyclic) bond motifs is 2. The third-order valence-corrected chi connectivity index (χ3v) is 4.87. The van der Waals surface area contributed by atoms with Crippen LogP contribution in [0.5, 0.6) is 5.75 Å². The number of imidazole rings is 1. The summed E-state index contributed by atoms with van der Waals surface area (Å²) < 4.78 is 5.73. The molecule has 4 N–H and O–H groups in total. The maximum absolute atomic E-state index is 5.76. The van der Waals surface area contributed by atoms with Crippen molar-refractivity contribution in [1.82, 2.24) is 20.3 Å². The zero-order chi connectivity index (χ0) is 17.8. The Morgan fingerprint density at radius 3 is 3.08 bits per heavy atom. The molecule has 6 nitrogen and oxygen atoms in total. The lowest BCUT2D eigenvalue weighted by Gasteiger charge is -2.29. The van der Waals surface area contributed by atoms with Gasteiger partial charge in [0.15, 0.2) is 0 Å². The predicted octanol–water partition coefficient (Wildman–Crippen LogP) is 2.72. The second kappa shape index (κ2) is 7.85. The van der Waals surface area contributed by atoms with Gasteiger partial charge in [-0.3, -0.25) is 4.98 Å². The van der Waals surface area contributed by atoms with Crippen LogP contribution in [0, 0.1) is 0 Å². The molecule has 1 aromatic carbocycles. The first-order valence-corrected chi connectivity index (χ1v) is 9.31. The molecule has 1 aliphatic heterocycles. The number of hydrogen-bond donors (Lipinski definition) is 3. The van der Waals surface area contributed by atoms with Crippen LogP contribution in [0.2, 0.25) is 0 Å². The number of rotatable bonds is 7. The van der Waals surface area contributed by atoms with Gasteiger partial charge in [-0.1, -0.05) is 12.1 Å². The largest absolute Gasteiger partial charge is 0.492 e. The van der Waals surface area contributed by atoms with Crippen LogP contribution in [0.15, 0.2) is 42.6 Å². The van der Waals surface area contributed by atoms with E-state index in [1.165, 1.54) is 0 Å². The molecule has 0 bridgehead atoms. The van der Waals surface area contributed by atoms with Gasteiger partial charge in [-0.2, -0.15) is 0 Å². The summed E-state index contributed by atoms with van der Waals surface area (Å²) in [4.78, 5) is 12.7. The maximum atomic E-state index is 5.76. The Morgan fingerprint density at radius 1 is 1.27 bits per heavy atom. The van der Waals surface area contributed by atoms with Gasteiger partial charge in [0.05, 0.1) is 29.4 Å². The van der Waals surface area contributed by atoms with Gasteiger partial charge >= 0.3 is 0 Å². The highest BCUT2D eigenvalue weighted by Gasteiger charge is 2.25. The van der Waals surface area contributed by atoms with Crippen molar-refractivity contribution in [1.29, 1.82) is 0 Å². The monoisotopic (exact) mass is 351 g/mol. The lowest BCUT2D eigenvalue weighted by atomic mass is 10.0. The third kappa shape index (κ3) is 3.71. The molecule has 2 aromatic heterocycles. The molecule has 3 aromatic rings. The van der Waals surface area contributed by atoms with Crippen molar-refractivity contribution < 1.29 is 4.74 Å². The van der Waals surface area contributed by atoms with E-state index < -0.39 is 0 Å². The molecule has 4 rings (SSSR count). The van der Waals surface area contributed by atoms with Crippen LogP contribution in [0.1, 0.15) is 36.8 Å². The molecule has 0 aliphatic carbocycles. The van der Waals surface area contributed by atoms with Gasteiger partial charge in [0.2, 0.25) is 0 Å². The van der Waals surface area contributed by atoms with Crippen LogP contribution in [-0.2, 0) is 6.42 Å². The number of nitrogens with one attached hydrogen (secondary N) is 2. The first-order valence-electron chi connectivity index (χ1n) is 9.31. The minimum Gasteiger partial charge on any atom is -0.492 e. The lowest BCUT2D eigenvalue weighted by Crippen LogP contribution is -2.38. The third-order valence-electron chi connectivity index (χ3n) is 4.87. The topological polar surface area (TPSA) is 88.8 Å². The average molecular weight is 351 g/mol. The maximum Gasteiger partial charge on any atom is 0.142 e. The second-order valence-electron chi connectivity index (χ2n) is 6.78. The molecule has 0 fully saturated rings. The van der Waals surface area contributed by atoms with Crippen LogP contribution in [-0.4, -0.2) is 34.1 Å². The SMILES string of the molecule is NCCCC(Cc1nc2ccccc2[nH]1)NC1CCOc2cccnc21. The quantitative estimate of drug-likeness (QED) is 0.609. The molecule has 0 saturated heterocycles. The Bertz CT molecular complexity index is 829. The highest BCUT2D eigenvalue weighted by atomic mass is 16.5. The molecule has 1 aliphatic rings. The molecule has 2 unspecified atom stereocenters. The summed E-state index contributed by atoms with van der Waals surface area (Å²) in [6.07, 6.45) is 5.58. The van der Waals surface area contributed by atoms with Crippen molar-refractivity contribution in [2.45, 2.75) is 37.8 Å². The molecular formula is C20H25N5O. The first-order chi connectivity index (χ1) is 12.8. The van der Waals surface area contributed by atoms with Gasteiger partial charge in [0.25, 0.3) is 0 Å². The molecule has 26 heavy (non-hydrogen) atoms. The van der Waals surface area contributed by atoms with E-state index in [4.69, 9.17) is 15.5 Å². The molecule has 0 radical (unpaired) electrons. The van der Waals surface area contributed by atoms with Crippen LogP contribution in [0.3, 0.4) is 0 Å². The highest BCUT2D eigenvalue weighted by Crippen LogP contribution is 2.30. The van der Waals surface area contributed by atoms with E-state index in [9.17, 15) is 0 Å². The van der Waals surface area contributed by atoms with Crippen molar-refractivity contribution in [3.05, 3.63) is 54.1 Å². The summed E-state index contributed by atoms with van der Waals surface area (Å²) >= 11 is 0. The van der Waals surface area contributed by atoms with Crippen LogP contribution in [0.25, 0.3) is 11.0 Å². The molecule has 3 heterocycles. The van der Waals surface area contributed by atoms with E-state index in [1.54, 1.807) is 0 Å². The molecule has 2 atom stereocenters. The fourth-order valence-corrected chi connectivity index (χ4v) is 3.60. The summed E-state index contributed by atoms with van der Waals surface area (Å²) in [6.45, 7) is 1.41. The fraction of sp³-hybridized carbons (Fsp3) is 0.400. The van der Waals surface area contributed by atoms with Crippen molar-refractivity contribution in [3.8, 4) is 5.75 Å². The smallest absolute Gasteiger partial charge is 0.142 e. The molecule has 136 valence electrons. The number of aromatic amines is 1. The highest BCUT2D eigenvalue weighted by molar-refractivity contribution is 5.74. The van der Waals surface area contributed by atoms with E-state index in [0.29, 0.717) is 13.2 Å². The Balaban J connectivity index is 1.52. The second-order valence-corrected chi connectivity index (χ2v) is 6.78. The van der Waals surface area contributed by atoms with Crippen LogP contribution < -0.4 is 15.8 Å². The Hall–Kier alpha value is -2.44. The van der Waals surface area contributed by atoms with Crippen LogP contribution in [0.4, 0.5) is 0 Å². The molecule has 0 amide bonds. The number of nitrogens with two attached hydrogens (primary N) is 1. The van der Waals surface area contributed by atoms with Crippen molar-refractivity contribution in [2.75, 3.05) is 13.2 Å². The summed E-state index contributed by atoms with van der Waals surface area (Å²) in [5, 5.41) is 3.78. The zero-order valence-electron chi connectivity index (χ0n) is 14.8. The van der Waals surface area contributed by atoms with Crippen molar-refractivity contribution in [3.63, 3.8) is 0 Å². The first kappa shape index (κ1) is 17.0. The van der Waals surface area contributed by atoms with E-state index in [1.807, 2.05) is 36.5 Å². The average Bonchev–Trinajstić information content (AvgIpc) is 3.08. The molecule has 6 heteroatoms. The number of para-hydroxylation sites is 2. The standard InChI is InChI=1S/C20H25N5O/c21-10-3-5-14(13-19-24-15-6-1-2-7-16(15)25-19)23-17-9-12-26-18-8-4-11-22-20(17)18/h1-2,4,6-8,11,14,17,23H,3,5,9-10,12-13,21H2,(H,24,25). The fourth-order valence-electron chi connectivity index (χ4n) is 3.60. The molecular weight excluding hydrogens is 326 g/mol. The van der Waals surface area contributed by atoms with E-state index >= 15 is 0 Å². The number of pyridine rings is 1. The van der Waals surface area contributed by atoms with Crippen LogP contribution >= 0.6 is 0 Å². The summed E-state index contributed by atoms with van der Waals surface area (Å²) in [7, 11) is 0. The van der Waals surface area contributed by atoms with E-state index in [2.05, 4.69) is 21.4 Å². The summed E-state index contributed by atoms with van der Waals surface area (Å²) in [5.74, 6) is 1.89. The molecule has 0 spiro atoms. The Labute approximate surface area is 153 Å². The number of hydrogen-bond acceptors (Lipinski definition) is 5. The minimum atomic E-state index is 0.201. The minimum absolute atomic E-state index is 0.201. The number of aromatic nitrogens is 3. The molecule has 0 saturated carbocycles. The number of nitrogens with zero attached hydrogens (tertiary/aromatic N) is 2. The van der Waals surface area contributed by atoms with E-state index in [-0.39, 0.29) is 12.1 Å².